The lowest BCUT2D eigenvalue weighted by molar-refractivity contribution is 0.101. The Hall–Kier alpha value is -0.420. The number of Topliss-reactive ketones (excluding diaryl/α,β-unsaturated/α-hetero) is 1. The zero-order valence-corrected chi connectivity index (χ0v) is 9.72. The van der Waals surface area contributed by atoms with E-state index in [9.17, 15) is 9.59 Å². The van der Waals surface area contributed by atoms with Crippen molar-refractivity contribution in [3.05, 3.63) is 31.9 Å². The van der Waals surface area contributed by atoms with Crippen LogP contribution in [0.25, 0.3) is 0 Å². The van der Waals surface area contributed by atoms with Gasteiger partial charge >= 0.3 is 0 Å². The average molecular weight is 309 g/mol. The van der Waals surface area contributed by atoms with E-state index >= 15 is 0 Å². The molecule has 0 heterocycles. The fourth-order valence-electron chi connectivity index (χ4n) is 0.927. The van der Waals surface area contributed by atoms with Crippen molar-refractivity contribution >= 4 is 46.3 Å². The number of hydrogen-bond acceptors (Lipinski definition) is 2. The molecule has 1 rings (SSSR count). The van der Waals surface area contributed by atoms with Crippen LogP contribution in [0.4, 0.5) is 0 Å². The van der Waals surface area contributed by atoms with Crippen molar-refractivity contribution in [1.29, 1.82) is 0 Å². The van der Waals surface area contributed by atoms with Crippen LogP contribution in [0.1, 0.15) is 27.6 Å². The Balaban J connectivity index is 3.39. The van der Waals surface area contributed by atoms with Crippen LogP contribution in [-0.2, 0) is 0 Å². The molecule has 68 valence electrons. The molecule has 0 N–H and O–H groups in total. The first kappa shape index (κ1) is 10.7. The average Bonchev–Trinajstić information content (AvgIpc) is 2.09. The van der Waals surface area contributed by atoms with Crippen LogP contribution in [0.5, 0.6) is 0 Å². The van der Waals surface area contributed by atoms with Gasteiger partial charge in [-0.3, -0.25) is 9.59 Å². The van der Waals surface area contributed by atoms with Gasteiger partial charge in [-0.05, 0) is 41.6 Å². The molecule has 1 aromatic carbocycles. The maximum Gasteiger partial charge on any atom is 0.160 e. The molecule has 0 atom stereocenters. The predicted molar refractivity (Wildman–Crippen MR) is 59.6 cm³/mol. The van der Waals surface area contributed by atoms with Crippen molar-refractivity contribution in [2.45, 2.75) is 6.92 Å². The summed E-state index contributed by atoms with van der Waals surface area (Å²) in [7, 11) is 0. The van der Waals surface area contributed by atoms with Crippen LogP contribution in [0, 0.1) is 3.57 Å². The second-order valence-corrected chi connectivity index (χ2v) is 3.96. The lowest BCUT2D eigenvalue weighted by Gasteiger charge is -2.03. The second-order valence-electron chi connectivity index (χ2n) is 2.50. The van der Waals surface area contributed by atoms with Gasteiger partial charge in [0, 0.05) is 14.7 Å². The lowest BCUT2D eigenvalue weighted by atomic mass is 10.1. The van der Waals surface area contributed by atoms with Gasteiger partial charge in [-0.1, -0.05) is 11.6 Å². The Morgan fingerprint density at radius 3 is 2.62 bits per heavy atom. The molecule has 0 spiro atoms. The van der Waals surface area contributed by atoms with Crippen molar-refractivity contribution in [2.24, 2.45) is 0 Å². The number of carbonyl (C=O) groups is 2. The highest BCUT2D eigenvalue weighted by Gasteiger charge is 2.11. The van der Waals surface area contributed by atoms with Crippen LogP contribution in [-0.4, -0.2) is 12.1 Å². The van der Waals surface area contributed by atoms with Gasteiger partial charge in [0.25, 0.3) is 0 Å². The number of ketones is 1. The van der Waals surface area contributed by atoms with Crippen LogP contribution >= 0.6 is 34.2 Å². The Kier molecular flexibility index (Phi) is 3.44. The third-order valence-corrected chi connectivity index (χ3v) is 3.46. The molecule has 0 aromatic heterocycles. The number of halogens is 2. The smallest absolute Gasteiger partial charge is 0.160 e. The molecule has 0 unspecified atom stereocenters. The highest BCUT2D eigenvalue weighted by Crippen LogP contribution is 2.25. The molecule has 0 saturated carbocycles. The maximum atomic E-state index is 11.1. The molecule has 4 heteroatoms. The summed E-state index contributed by atoms with van der Waals surface area (Å²) in [6.07, 6.45) is 0.675. The highest BCUT2D eigenvalue weighted by atomic mass is 127. The molecular weight excluding hydrogens is 302 g/mol. The minimum Gasteiger partial charge on any atom is -0.298 e. The van der Waals surface area contributed by atoms with Gasteiger partial charge < -0.3 is 0 Å². The van der Waals surface area contributed by atoms with E-state index in [4.69, 9.17) is 11.6 Å². The van der Waals surface area contributed by atoms with E-state index in [1.807, 2.05) is 22.6 Å². The number of carbonyl (C=O) groups excluding carboxylic acids is 2. The third-order valence-electron chi connectivity index (χ3n) is 1.62. The van der Waals surface area contributed by atoms with Gasteiger partial charge in [0.1, 0.15) is 0 Å². The van der Waals surface area contributed by atoms with E-state index in [0.717, 1.165) is 0 Å². The van der Waals surface area contributed by atoms with E-state index in [-0.39, 0.29) is 5.78 Å². The zero-order valence-electron chi connectivity index (χ0n) is 6.80. The van der Waals surface area contributed by atoms with Crippen LogP contribution in [0.15, 0.2) is 12.1 Å². The molecular formula is C9H6ClIO2. The van der Waals surface area contributed by atoms with Crippen molar-refractivity contribution < 1.29 is 9.59 Å². The van der Waals surface area contributed by atoms with Crippen molar-refractivity contribution in [3.8, 4) is 0 Å². The van der Waals surface area contributed by atoms with Gasteiger partial charge in [0.15, 0.2) is 12.1 Å². The molecule has 0 amide bonds. The summed E-state index contributed by atoms with van der Waals surface area (Å²) in [5, 5.41) is 0.350. The number of rotatable bonds is 2. The van der Waals surface area contributed by atoms with E-state index in [1.54, 1.807) is 12.1 Å². The van der Waals surface area contributed by atoms with Crippen molar-refractivity contribution in [2.75, 3.05) is 0 Å². The summed E-state index contributed by atoms with van der Waals surface area (Å²) in [4.78, 5) is 21.6. The minimum atomic E-state index is -0.0521. The molecule has 1 aromatic rings. The Morgan fingerprint density at radius 1 is 1.54 bits per heavy atom. The highest BCUT2D eigenvalue weighted by molar-refractivity contribution is 14.1. The Labute approximate surface area is 94.4 Å². The first-order valence-corrected chi connectivity index (χ1v) is 4.97. The lowest BCUT2D eigenvalue weighted by Crippen LogP contribution is -1.98. The zero-order chi connectivity index (χ0) is 10.0. The summed E-state index contributed by atoms with van der Waals surface area (Å²) in [5.41, 5.74) is 0.965. The quantitative estimate of drug-likeness (QED) is 0.478. The van der Waals surface area contributed by atoms with Gasteiger partial charge in [0.05, 0.1) is 5.02 Å². The Morgan fingerprint density at radius 2 is 2.15 bits per heavy atom. The molecule has 0 fully saturated rings. The monoisotopic (exact) mass is 308 g/mol. The SMILES string of the molecule is CC(=O)c1ccc(C=O)c(Cl)c1I. The second kappa shape index (κ2) is 4.19. The third kappa shape index (κ3) is 2.08. The largest absolute Gasteiger partial charge is 0.298 e. The summed E-state index contributed by atoms with van der Waals surface area (Å²) in [6, 6.07) is 3.16. The molecule has 0 saturated heterocycles. The van der Waals surface area contributed by atoms with Gasteiger partial charge in [-0.2, -0.15) is 0 Å². The van der Waals surface area contributed by atoms with Gasteiger partial charge in [-0.15, -0.1) is 0 Å². The van der Waals surface area contributed by atoms with Gasteiger partial charge in [0.2, 0.25) is 0 Å². The van der Waals surface area contributed by atoms with E-state index in [2.05, 4.69) is 0 Å². The maximum absolute atomic E-state index is 11.1. The molecule has 0 aliphatic rings. The van der Waals surface area contributed by atoms with E-state index < -0.39 is 0 Å². The summed E-state index contributed by atoms with van der Waals surface area (Å²) < 4.78 is 0.636. The standard InChI is InChI=1S/C9H6ClIO2/c1-5(13)7-3-2-6(4-12)8(10)9(7)11/h2-4H,1H3. The predicted octanol–water partition coefficient (Wildman–Crippen LogP) is 2.96. The fraction of sp³-hybridized carbons (Fsp3) is 0.111. The van der Waals surface area contributed by atoms with Crippen LogP contribution in [0.3, 0.4) is 0 Å². The molecule has 0 radical (unpaired) electrons. The van der Waals surface area contributed by atoms with Crippen LogP contribution < -0.4 is 0 Å². The topological polar surface area (TPSA) is 34.1 Å². The first-order valence-electron chi connectivity index (χ1n) is 3.52. The van der Waals surface area contributed by atoms with Crippen molar-refractivity contribution in [1.82, 2.24) is 0 Å². The number of aldehydes is 1. The van der Waals surface area contributed by atoms with Crippen molar-refractivity contribution in [3.63, 3.8) is 0 Å². The first-order chi connectivity index (χ1) is 6.07. The van der Waals surface area contributed by atoms with E-state index in [0.29, 0.717) is 26.0 Å². The number of benzene rings is 1. The molecule has 0 bridgehead atoms. The normalized spacial score (nSPS) is 9.77. The van der Waals surface area contributed by atoms with Crippen LogP contribution in [0.2, 0.25) is 5.02 Å². The summed E-state index contributed by atoms with van der Waals surface area (Å²) >= 11 is 7.81. The molecule has 0 aliphatic heterocycles. The minimum absolute atomic E-state index is 0.0521. The molecule has 2 nitrogen and oxygen atoms in total. The fourth-order valence-corrected chi connectivity index (χ4v) is 2.01. The summed E-state index contributed by atoms with van der Waals surface area (Å²) in [6.45, 7) is 1.47. The van der Waals surface area contributed by atoms with Gasteiger partial charge in [-0.25, -0.2) is 0 Å². The Bertz CT molecular complexity index is 374. The summed E-state index contributed by atoms with van der Waals surface area (Å²) in [5.74, 6) is -0.0521. The molecule has 13 heavy (non-hydrogen) atoms. The number of hydrogen-bond donors (Lipinski definition) is 0. The molecule has 0 aliphatic carbocycles. The van der Waals surface area contributed by atoms with E-state index in [1.165, 1.54) is 6.92 Å².